The van der Waals surface area contributed by atoms with Crippen LogP contribution in [-0.4, -0.2) is 20.9 Å². The van der Waals surface area contributed by atoms with Crippen molar-refractivity contribution >= 4 is 17.4 Å². The zero-order chi connectivity index (χ0) is 13.1. The highest BCUT2D eigenvalue weighted by Crippen LogP contribution is 2.36. The highest BCUT2D eigenvalue weighted by Gasteiger charge is 2.11. The fraction of sp³-hybridized carbons (Fsp3) is 0.333. The van der Waals surface area contributed by atoms with Crippen molar-refractivity contribution in [2.75, 3.05) is 5.73 Å². The standard InChI is InChI=1S/C12H16N4OS/c1-8(2)17-9-5-4-6-10(11(9)13)18-12-14-7-15-16(12)3/h4-8H,13H2,1-3H3. The lowest BCUT2D eigenvalue weighted by molar-refractivity contribution is 0.243. The van der Waals surface area contributed by atoms with Gasteiger partial charge in [0.05, 0.1) is 11.8 Å². The quantitative estimate of drug-likeness (QED) is 0.859. The molecular formula is C12H16N4OS. The van der Waals surface area contributed by atoms with E-state index in [1.807, 2.05) is 39.1 Å². The number of ether oxygens (including phenoxy) is 1. The van der Waals surface area contributed by atoms with Gasteiger partial charge in [0.25, 0.3) is 0 Å². The fourth-order valence-corrected chi connectivity index (χ4v) is 2.28. The van der Waals surface area contributed by atoms with Crippen LogP contribution in [0.15, 0.2) is 34.6 Å². The predicted octanol–water partition coefficient (Wildman–Crippen LogP) is 2.34. The summed E-state index contributed by atoms with van der Waals surface area (Å²) in [6.07, 6.45) is 1.62. The summed E-state index contributed by atoms with van der Waals surface area (Å²) in [5.74, 6) is 0.706. The monoisotopic (exact) mass is 264 g/mol. The van der Waals surface area contributed by atoms with Crippen molar-refractivity contribution in [2.24, 2.45) is 7.05 Å². The van der Waals surface area contributed by atoms with Gasteiger partial charge in [-0.1, -0.05) is 6.07 Å². The Labute approximate surface area is 110 Å². The molecule has 0 saturated carbocycles. The summed E-state index contributed by atoms with van der Waals surface area (Å²) in [5.41, 5.74) is 6.73. The van der Waals surface area contributed by atoms with E-state index in [1.165, 1.54) is 18.1 Å². The fourth-order valence-electron chi connectivity index (χ4n) is 1.45. The highest BCUT2D eigenvalue weighted by atomic mass is 32.2. The van der Waals surface area contributed by atoms with Crippen LogP contribution in [0.3, 0.4) is 0 Å². The van der Waals surface area contributed by atoms with Crippen LogP contribution in [0.5, 0.6) is 5.75 Å². The summed E-state index contributed by atoms with van der Waals surface area (Å²) in [4.78, 5) is 5.08. The number of aromatic nitrogens is 3. The van der Waals surface area contributed by atoms with Gasteiger partial charge < -0.3 is 10.5 Å². The molecule has 2 aromatic rings. The first-order valence-electron chi connectivity index (χ1n) is 5.65. The van der Waals surface area contributed by atoms with Crippen molar-refractivity contribution in [2.45, 2.75) is 30.0 Å². The second-order valence-electron chi connectivity index (χ2n) is 4.10. The van der Waals surface area contributed by atoms with Gasteiger partial charge in [-0.25, -0.2) is 9.67 Å². The first-order chi connectivity index (χ1) is 8.58. The van der Waals surface area contributed by atoms with E-state index in [9.17, 15) is 0 Å². The maximum absolute atomic E-state index is 6.10. The topological polar surface area (TPSA) is 66.0 Å². The normalized spacial score (nSPS) is 10.9. The summed E-state index contributed by atoms with van der Waals surface area (Å²) in [7, 11) is 1.85. The van der Waals surface area contributed by atoms with Gasteiger partial charge in [-0.3, -0.25) is 0 Å². The number of aryl methyl sites for hydroxylation is 1. The molecule has 0 amide bonds. The Balaban J connectivity index is 2.26. The molecule has 18 heavy (non-hydrogen) atoms. The molecule has 0 radical (unpaired) electrons. The number of nitrogen functional groups attached to an aromatic ring is 1. The molecule has 2 N–H and O–H groups in total. The van der Waals surface area contributed by atoms with Crippen LogP contribution in [0.25, 0.3) is 0 Å². The molecule has 1 aromatic carbocycles. The molecule has 0 spiro atoms. The van der Waals surface area contributed by atoms with E-state index in [0.717, 1.165) is 10.1 Å². The number of nitrogens with zero attached hydrogens (tertiary/aromatic N) is 3. The largest absolute Gasteiger partial charge is 0.489 e. The molecule has 0 bridgehead atoms. The Morgan fingerprint density at radius 2 is 2.17 bits per heavy atom. The van der Waals surface area contributed by atoms with E-state index in [4.69, 9.17) is 10.5 Å². The number of anilines is 1. The number of hydrogen-bond donors (Lipinski definition) is 1. The minimum Gasteiger partial charge on any atom is -0.489 e. The van der Waals surface area contributed by atoms with Gasteiger partial charge in [-0.05, 0) is 37.7 Å². The van der Waals surface area contributed by atoms with Gasteiger partial charge >= 0.3 is 0 Å². The number of nitrogens with two attached hydrogens (primary N) is 1. The summed E-state index contributed by atoms with van der Waals surface area (Å²) < 4.78 is 7.36. The second kappa shape index (κ2) is 5.30. The zero-order valence-electron chi connectivity index (χ0n) is 10.6. The van der Waals surface area contributed by atoms with E-state index < -0.39 is 0 Å². The van der Waals surface area contributed by atoms with Gasteiger partial charge in [-0.15, -0.1) is 0 Å². The van der Waals surface area contributed by atoms with Crippen LogP contribution < -0.4 is 10.5 Å². The summed E-state index contributed by atoms with van der Waals surface area (Å²) >= 11 is 1.47. The molecule has 0 aliphatic rings. The van der Waals surface area contributed by atoms with Gasteiger partial charge in [0.2, 0.25) is 0 Å². The second-order valence-corrected chi connectivity index (χ2v) is 5.11. The summed E-state index contributed by atoms with van der Waals surface area (Å²) in [6.45, 7) is 3.95. The first-order valence-corrected chi connectivity index (χ1v) is 6.46. The maximum Gasteiger partial charge on any atom is 0.190 e. The SMILES string of the molecule is CC(C)Oc1cccc(Sc2ncnn2C)c1N. The molecule has 0 atom stereocenters. The third kappa shape index (κ3) is 2.76. The van der Waals surface area contributed by atoms with Crippen molar-refractivity contribution in [3.05, 3.63) is 24.5 Å². The van der Waals surface area contributed by atoms with Gasteiger partial charge in [0, 0.05) is 11.9 Å². The smallest absolute Gasteiger partial charge is 0.190 e. The third-order valence-electron chi connectivity index (χ3n) is 2.26. The summed E-state index contributed by atoms with van der Waals surface area (Å²) in [5, 5.41) is 4.82. The Bertz CT molecular complexity index is 539. The minimum absolute atomic E-state index is 0.0994. The van der Waals surface area contributed by atoms with E-state index in [2.05, 4.69) is 10.1 Å². The lowest BCUT2D eigenvalue weighted by atomic mass is 10.3. The number of rotatable bonds is 4. The molecule has 0 fully saturated rings. The van der Waals surface area contributed by atoms with Crippen LogP contribution in [0.1, 0.15) is 13.8 Å². The molecule has 5 nitrogen and oxygen atoms in total. The van der Waals surface area contributed by atoms with Crippen molar-refractivity contribution in [1.29, 1.82) is 0 Å². The van der Waals surface area contributed by atoms with Crippen LogP contribution >= 0.6 is 11.8 Å². The minimum atomic E-state index is 0.0994. The number of para-hydroxylation sites is 1. The number of benzene rings is 1. The van der Waals surface area contributed by atoms with Crippen LogP contribution in [0.4, 0.5) is 5.69 Å². The summed E-state index contributed by atoms with van der Waals surface area (Å²) in [6, 6.07) is 5.74. The molecule has 0 saturated heterocycles. The highest BCUT2D eigenvalue weighted by molar-refractivity contribution is 7.99. The molecule has 6 heteroatoms. The van der Waals surface area contributed by atoms with Crippen molar-refractivity contribution in [3.63, 3.8) is 0 Å². The van der Waals surface area contributed by atoms with Crippen LogP contribution in [-0.2, 0) is 7.05 Å². The Hall–Kier alpha value is -1.69. The van der Waals surface area contributed by atoms with E-state index in [0.29, 0.717) is 11.4 Å². The Kier molecular flexibility index (Phi) is 3.76. The molecular weight excluding hydrogens is 248 g/mol. The Morgan fingerprint density at radius 1 is 1.39 bits per heavy atom. The first kappa shape index (κ1) is 12.8. The van der Waals surface area contributed by atoms with E-state index >= 15 is 0 Å². The molecule has 1 heterocycles. The van der Waals surface area contributed by atoms with Crippen LogP contribution in [0.2, 0.25) is 0 Å². The zero-order valence-corrected chi connectivity index (χ0v) is 11.4. The molecule has 2 rings (SSSR count). The predicted molar refractivity (Wildman–Crippen MR) is 71.7 cm³/mol. The van der Waals surface area contributed by atoms with Crippen molar-refractivity contribution in [1.82, 2.24) is 14.8 Å². The molecule has 1 aromatic heterocycles. The van der Waals surface area contributed by atoms with E-state index in [1.54, 1.807) is 4.68 Å². The lowest BCUT2D eigenvalue weighted by Crippen LogP contribution is -2.07. The number of hydrogen-bond acceptors (Lipinski definition) is 5. The van der Waals surface area contributed by atoms with Crippen LogP contribution in [0, 0.1) is 0 Å². The maximum atomic E-state index is 6.10. The Morgan fingerprint density at radius 3 is 2.78 bits per heavy atom. The average molecular weight is 264 g/mol. The third-order valence-corrected chi connectivity index (χ3v) is 3.39. The van der Waals surface area contributed by atoms with Crippen molar-refractivity contribution in [3.8, 4) is 5.75 Å². The van der Waals surface area contributed by atoms with E-state index in [-0.39, 0.29) is 6.10 Å². The molecule has 0 unspecified atom stereocenters. The molecule has 0 aliphatic heterocycles. The van der Waals surface area contributed by atoms with Crippen molar-refractivity contribution < 1.29 is 4.74 Å². The molecule has 96 valence electrons. The van der Waals surface area contributed by atoms with Gasteiger partial charge in [0.1, 0.15) is 12.1 Å². The average Bonchev–Trinajstić information content (AvgIpc) is 2.70. The molecule has 0 aliphatic carbocycles. The van der Waals surface area contributed by atoms with Gasteiger partial charge in [-0.2, -0.15) is 5.10 Å². The van der Waals surface area contributed by atoms with Gasteiger partial charge in [0.15, 0.2) is 5.16 Å². The lowest BCUT2D eigenvalue weighted by Gasteiger charge is -2.14.